The lowest BCUT2D eigenvalue weighted by Crippen LogP contribution is -2.39. The van der Waals surface area contributed by atoms with Gasteiger partial charge in [0.15, 0.2) is 0 Å². The minimum absolute atomic E-state index is 0.156. The predicted octanol–water partition coefficient (Wildman–Crippen LogP) is 3.01. The summed E-state index contributed by atoms with van der Waals surface area (Å²) in [4.78, 5) is 27.1. The van der Waals surface area contributed by atoms with Crippen LogP contribution in [-0.2, 0) is 9.59 Å². The lowest BCUT2D eigenvalue weighted by molar-refractivity contribution is -0.140. The SMILES string of the molecule is CCCN1C(=O)[C@@H]2[C@@H](CC(CO)=C([C@H](O)CC/C(C)=C/c3cc(Br)ccc3O)[C@@H]2CO)C1=O. The molecule has 1 aromatic carbocycles. The molecule has 1 aliphatic heterocycles. The molecule has 7 nitrogen and oxygen atoms in total. The molecule has 0 aromatic heterocycles. The Bertz CT molecular complexity index is 972. The number of likely N-dealkylation sites (tertiary alicyclic amines) is 1. The van der Waals surface area contributed by atoms with E-state index in [0.29, 0.717) is 42.5 Å². The minimum Gasteiger partial charge on any atom is -0.507 e. The second kappa shape index (κ2) is 11.0. The molecule has 1 fully saturated rings. The van der Waals surface area contributed by atoms with Crippen LogP contribution in [0.1, 0.15) is 45.1 Å². The first-order valence-electron chi connectivity index (χ1n) is 11.4. The van der Waals surface area contributed by atoms with Gasteiger partial charge in [0.25, 0.3) is 0 Å². The van der Waals surface area contributed by atoms with Crippen molar-refractivity contribution >= 4 is 33.8 Å². The number of phenolic OH excluding ortho intramolecular Hbond substituents is 1. The number of imide groups is 1. The van der Waals surface area contributed by atoms with E-state index in [1.807, 2.05) is 19.9 Å². The first kappa shape index (κ1) is 25.6. The number of hydrogen-bond acceptors (Lipinski definition) is 6. The van der Waals surface area contributed by atoms with Gasteiger partial charge in [-0.15, -0.1) is 0 Å². The van der Waals surface area contributed by atoms with E-state index in [2.05, 4.69) is 15.9 Å². The summed E-state index contributed by atoms with van der Waals surface area (Å²) in [7, 11) is 0. The van der Waals surface area contributed by atoms with Crippen LogP contribution in [0.4, 0.5) is 0 Å². The lowest BCUT2D eigenvalue weighted by Gasteiger charge is -2.36. The molecule has 1 saturated heterocycles. The molecule has 8 heteroatoms. The quantitative estimate of drug-likeness (QED) is 0.293. The fourth-order valence-corrected chi connectivity index (χ4v) is 5.49. The van der Waals surface area contributed by atoms with Gasteiger partial charge >= 0.3 is 0 Å². The van der Waals surface area contributed by atoms with Crippen LogP contribution in [0.3, 0.4) is 0 Å². The van der Waals surface area contributed by atoms with Crippen molar-refractivity contribution in [3.05, 3.63) is 45.0 Å². The molecule has 2 aliphatic rings. The van der Waals surface area contributed by atoms with E-state index < -0.39 is 23.9 Å². The molecular formula is C25H32BrNO6. The largest absolute Gasteiger partial charge is 0.507 e. The maximum atomic E-state index is 13.0. The van der Waals surface area contributed by atoms with Gasteiger partial charge in [0.05, 0.1) is 31.2 Å². The van der Waals surface area contributed by atoms with Crippen LogP contribution in [0, 0.1) is 17.8 Å². The summed E-state index contributed by atoms with van der Waals surface area (Å²) < 4.78 is 0.840. The molecule has 33 heavy (non-hydrogen) atoms. The van der Waals surface area contributed by atoms with Crippen LogP contribution in [0.5, 0.6) is 5.75 Å². The number of allylic oxidation sites excluding steroid dienone is 1. The lowest BCUT2D eigenvalue weighted by atomic mass is 9.68. The van der Waals surface area contributed by atoms with Crippen LogP contribution in [0.15, 0.2) is 39.4 Å². The summed E-state index contributed by atoms with van der Waals surface area (Å²) in [5, 5.41) is 41.3. The van der Waals surface area contributed by atoms with Crippen LogP contribution >= 0.6 is 15.9 Å². The second-order valence-electron chi connectivity index (χ2n) is 8.92. The van der Waals surface area contributed by atoms with Gasteiger partial charge in [-0.1, -0.05) is 34.5 Å². The highest BCUT2D eigenvalue weighted by Gasteiger charge is 2.54. The molecule has 0 bridgehead atoms. The summed E-state index contributed by atoms with van der Waals surface area (Å²) in [6.45, 7) is 3.42. The number of rotatable bonds is 9. The van der Waals surface area contributed by atoms with E-state index in [1.54, 1.807) is 18.2 Å². The van der Waals surface area contributed by atoms with Crippen molar-refractivity contribution in [2.75, 3.05) is 19.8 Å². The summed E-state index contributed by atoms with van der Waals surface area (Å²) in [5.41, 5.74) is 2.61. The number of aromatic hydroxyl groups is 1. The Labute approximate surface area is 202 Å². The van der Waals surface area contributed by atoms with Gasteiger partial charge in [0.2, 0.25) is 11.8 Å². The van der Waals surface area contributed by atoms with E-state index in [0.717, 1.165) is 10.0 Å². The van der Waals surface area contributed by atoms with Crippen molar-refractivity contribution in [2.45, 2.75) is 45.6 Å². The molecule has 0 unspecified atom stereocenters. The fraction of sp³-hybridized carbons (Fsp3) is 0.520. The van der Waals surface area contributed by atoms with E-state index >= 15 is 0 Å². The summed E-state index contributed by atoms with van der Waals surface area (Å²) in [6.07, 6.45) is 2.58. The van der Waals surface area contributed by atoms with Gasteiger partial charge in [-0.05, 0) is 62.0 Å². The molecule has 4 atom stereocenters. The third kappa shape index (κ3) is 5.24. The zero-order chi connectivity index (χ0) is 24.3. The number of aliphatic hydroxyl groups excluding tert-OH is 3. The average Bonchev–Trinajstić information content (AvgIpc) is 3.03. The average molecular weight is 522 g/mol. The Balaban J connectivity index is 1.81. The Morgan fingerprint density at radius 1 is 1.27 bits per heavy atom. The number of aliphatic hydroxyl groups is 3. The highest BCUT2D eigenvalue weighted by atomic mass is 79.9. The van der Waals surface area contributed by atoms with E-state index in [-0.39, 0.29) is 37.2 Å². The number of carbonyl (C=O) groups excluding carboxylic acids is 2. The first-order chi connectivity index (χ1) is 15.7. The Morgan fingerprint density at radius 3 is 2.64 bits per heavy atom. The van der Waals surface area contributed by atoms with E-state index in [1.165, 1.54) is 4.90 Å². The zero-order valence-electron chi connectivity index (χ0n) is 19.0. The molecule has 0 spiro atoms. The monoisotopic (exact) mass is 521 g/mol. The molecule has 1 aromatic rings. The van der Waals surface area contributed by atoms with Crippen molar-refractivity contribution in [2.24, 2.45) is 17.8 Å². The maximum Gasteiger partial charge on any atom is 0.233 e. The number of phenols is 1. The van der Waals surface area contributed by atoms with Crippen molar-refractivity contribution in [3.63, 3.8) is 0 Å². The van der Waals surface area contributed by atoms with Crippen LogP contribution in [0.25, 0.3) is 6.08 Å². The highest BCUT2D eigenvalue weighted by molar-refractivity contribution is 9.10. The number of benzene rings is 1. The Hall–Kier alpha value is -2.00. The number of fused-ring (bicyclic) bond motifs is 1. The van der Waals surface area contributed by atoms with Crippen molar-refractivity contribution in [3.8, 4) is 5.75 Å². The van der Waals surface area contributed by atoms with Gasteiger partial charge in [-0.25, -0.2) is 0 Å². The number of nitrogens with zero attached hydrogens (tertiary/aromatic N) is 1. The van der Waals surface area contributed by atoms with Gasteiger partial charge < -0.3 is 20.4 Å². The standard InChI is InChI=1S/C25H32BrNO6/c1-3-8-27-24(32)18-11-16(12-28)22(19(13-29)23(18)25(27)33)21(31)6-4-14(2)9-15-10-17(26)5-7-20(15)30/h5,7,9-10,18-19,21,23,28-31H,3-4,6,8,11-13H2,1-2H3/b14-9+/t18-,19+,21-,23-/m1/s1. The van der Waals surface area contributed by atoms with E-state index in [4.69, 9.17) is 0 Å². The van der Waals surface area contributed by atoms with Crippen LogP contribution in [-0.4, -0.2) is 63.0 Å². The topological polar surface area (TPSA) is 118 Å². The van der Waals surface area contributed by atoms with Crippen LogP contribution < -0.4 is 0 Å². The van der Waals surface area contributed by atoms with E-state index in [9.17, 15) is 30.0 Å². The maximum absolute atomic E-state index is 13.0. The first-order valence-corrected chi connectivity index (χ1v) is 12.1. The van der Waals surface area contributed by atoms with Crippen molar-refractivity contribution in [1.82, 2.24) is 4.90 Å². The normalized spacial score (nSPS) is 24.5. The van der Waals surface area contributed by atoms with Gasteiger partial charge in [0, 0.05) is 22.5 Å². The smallest absolute Gasteiger partial charge is 0.233 e. The minimum atomic E-state index is -0.965. The number of amides is 2. The molecule has 4 N–H and O–H groups in total. The fourth-order valence-electron chi connectivity index (χ4n) is 5.11. The third-order valence-electron chi connectivity index (χ3n) is 6.67. The molecule has 3 rings (SSSR count). The van der Waals surface area contributed by atoms with Crippen molar-refractivity contribution in [1.29, 1.82) is 0 Å². The molecule has 1 heterocycles. The van der Waals surface area contributed by atoms with Gasteiger partial charge in [-0.2, -0.15) is 0 Å². The van der Waals surface area contributed by atoms with Gasteiger partial charge in [0.1, 0.15) is 5.75 Å². The van der Waals surface area contributed by atoms with Gasteiger partial charge in [-0.3, -0.25) is 14.5 Å². The predicted molar refractivity (Wildman–Crippen MR) is 128 cm³/mol. The Kier molecular flexibility index (Phi) is 8.50. The molecule has 0 radical (unpaired) electrons. The molecule has 0 saturated carbocycles. The molecule has 180 valence electrons. The Morgan fingerprint density at radius 2 is 2.00 bits per heavy atom. The molecule has 2 amide bonds. The summed E-state index contributed by atoms with van der Waals surface area (Å²) in [6, 6.07) is 5.15. The zero-order valence-corrected chi connectivity index (χ0v) is 20.6. The number of halogens is 1. The van der Waals surface area contributed by atoms with Crippen LogP contribution in [0.2, 0.25) is 0 Å². The van der Waals surface area contributed by atoms with Crippen molar-refractivity contribution < 1.29 is 30.0 Å². The summed E-state index contributed by atoms with van der Waals surface area (Å²) in [5.74, 6) is -2.39. The highest BCUT2D eigenvalue weighted by Crippen LogP contribution is 2.46. The second-order valence-corrected chi connectivity index (χ2v) is 9.83. The number of carbonyl (C=O) groups is 2. The summed E-state index contributed by atoms with van der Waals surface area (Å²) >= 11 is 3.39. The molecular weight excluding hydrogens is 490 g/mol. The number of hydrogen-bond donors (Lipinski definition) is 4. The molecule has 1 aliphatic carbocycles. The third-order valence-corrected chi connectivity index (χ3v) is 7.17.